The van der Waals surface area contributed by atoms with Crippen molar-refractivity contribution >= 4 is 34.8 Å². The van der Waals surface area contributed by atoms with Crippen molar-refractivity contribution in [2.24, 2.45) is 0 Å². The number of benzene rings is 2. The molecule has 0 saturated heterocycles. The van der Waals surface area contributed by atoms with Gasteiger partial charge in [0.1, 0.15) is 17.9 Å². The standard InChI is InChI=1S/C19H21ClN2O4/c1-11-5-6-16(25-3)14(7-11)21-18(23)10-19(24)22-15-8-12(2)13(20)9-17(15)26-4/h5-9H,10H2,1-4H3,(H,21,23)(H,22,24). The van der Waals surface area contributed by atoms with Crippen molar-refractivity contribution in [3.05, 3.63) is 46.5 Å². The number of hydrogen-bond donors (Lipinski definition) is 2. The Morgan fingerprint density at radius 2 is 1.50 bits per heavy atom. The first-order valence-corrected chi connectivity index (χ1v) is 8.30. The second-order valence-electron chi connectivity index (χ2n) is 5.78. The fourth-order valence-electron chi connectivity index (χ4n) is 2.38. The van der Waals surface area contributed by atoms with Crippen LogP contribution in [0.15, 0.2) is 30.3 Å². The first kappa shape index (κ1) is 19.6. The summed E-state index contributed by atoms with van der Waals surface area (Å²) in [5.41, 5.74) is 2.73. The molecule has 0 unspecified atom stereocenters. The summed E-state index contributed by atoms with van der Waals surface area (Å²) in [6.07, 6.45) is -0.345. The molecule has 138 valence electrons. The SMILES string of the molecule is COc1ccc(C)cc1NC(=O)CC(=O)Nc1cc(C)c(Cl)cc1OC. The molecular weight excluding hydrogens is 356 g/mol. The molecule has 2 aromatic carbocycles. The van der Waals surface area contributed by atoms with Gasteiger partial charge in [-0.05, 0) is 43.2 Å². The zero-order chi connectivity index (χ0) is 19.3. The van der Waals surface area contributed by atoms with Crippen LogP contribution in [0.25, 0.3) is 0 Å². The number of amides is 2. The Morgan fingerprint density at radius 3 is 2.08 bits per heavy atom. The molecule has 0 saturated carbocycles. The molecule has 0 fully saturated rings. The van der Waals surface area contributed by atoms with Gasteiger partial charge in [0, 0.05) is 11.1 Å². The van der Waals surface area contributed by atoms with Crippen molar-refractivity contribution in [3.63, 3.8) is 0 Å². The summed E-state index contributed by atoms with van der Waals surface area (Å²) < 4.78 is 10.4. The average molecular weight is 377 g/mol. The summed E-state index contributed by atoms with van der Waals surface area (Å²) in [5.74, 6) is 0.0410. The van der Waals surface area contributed by atoms with E-state index in [-0.39, 0.29) is 6.42 Å². The number of carbonyl (C=O) groups excluding carboxylic acids is 2. The Bertz CT molecular complexity index is 837. The van der Waals surface area contributed by atoms with Gasteiger partial charge in [0.05, 0.1) is 25.6 Å². The Hall–Kier alpha value is -2.73. The molecule has 0 aromatic heterocycles. The number of hydrogen-bond acceptors (Lipinski definition) is 4. The third-order valence-electron chi connectivity index (χ3n) is 3.71. The van der Waals surface area contributed by atoms with Crippen LogP contribution in [-0.2, 0) is 9.59 Å². The van der Waals surface area contributed by atoms with Crippen LogP contribution in [0, 0.1) is 13.8 Å². The fraction of sp³-hybridized carbons (Fsp3) is 0.263. The van der Waals surface area contributed by atoms with E-state index in [1.807, 2.05) is 19.9 Å². The molecule has 0 bridgehead atoms. The van der Waals surface area contributed by atoms with Gasteiger partial charge >= 0.3 is 0 Å². The van der Waals surface area contributed by atoms with Gasteiger partial charge < -0.3 is 20.1 Å². The van der Waals surface area contributed by atoms with Gasteiger partial charge in [0.2, 0.25) is 11.8 Å². The first-order valence-electron chi connectivity index (χ1n) is 7.92. The van der Waals surface area contributed by atoms with Crippen molar-refractivity contribution in [1.82, 2.24) is 0 Å². The number of ether oxygens (including phenoxy) is 2. The third-order valence-corrected chi connectivity index (χ3v) is 4.11. The monoisotopic (exact) mass is 376 g/mol. The lowest BCUT2D eigenvalue weighted by Crippen LogP contribution is -2.22. The van der Waals surface area contributed by atoms with Gasteiger partial charge in [0.15, 0.2) is 0 Å². The van der Waals surface area contributed by atoms with E-state index in [2.05, 4.69) is 10.6 Å². The molecule has 0 aliphatic rings. The van der Waals surface area contributed by atoms with Crippen LogP contribution in [0.1, 0.15) is 17.5 Å². The van der Waals surface area contributed by atoms with Crippen molar-refractivity contribution in [3.8, 4) is 11.5 Å². The topological polar surface area (TPSA) is 76.7 Å². The van der Waals surface area contributed by atoms with Crippen LogP contribution in [-0.4, -0.2) is 26.0 Å². The number of rotatable bonds is 6. The minimum absolute atomic E-state index is 0.345. The summed E-state index contributed by atoms with van der Waals surface area (Å²) in [6.45, 7) is 3.71. The van der Waals surface area contributed by atoms with Crippen LogP contribution in [0.3, 0.4) is 0 Å². The Balaban J connectivity index is 2.05. The predicted octanol–water partition coefficient (Wildman–Crippen LogP) is 3.94. The molecule has 0 atom stereocenters. The molecule has 7 heteroatoms. The summed E-state index contributed by atoms with van der Waals surface area (Å²) in [6, 6.07) is 8.72. The zero-order valence-electron chi connectivity index (χ0n) is 15.1. The molecule has 26 heavy (non-hydrogen) atoms. The van der Waals surface area contributed by atoms with Gasteiger partial charge in [-0.3, -0.25) is 9.59 Å². The molecule has 2 rings (SSSR count). The van der Waals surface area contributed by atoms with Gasteiger partial charge in [0.25, 0.3) is 0 Å². The zero-order valence-corrected chi connectivity index (χ0v) is 15.9. The normalized spacial score (nSPS) is 10.2. The maximum absolute atomic E-state index is 12.2. The lowest BCUT2D eigenvalue weighted by Gasteiger charge is -2.13. The van der Waals surface area contributed by atoms with Gasteiger partial charge in [-0.1, -0.05) is 17.7 Å². The molecule has 0 spiro atoms. The van der Waals surface area contributed by atoms with Gasteiger partial charge in [-0.15, -0.1) is 0 Å². The number of nitrogens with one attached hydrogen (secondary N) is 2. The highest BCUT2D eigenvalue weighted by Gasteiger charge is 2.15. The molecule has 0 radical (unpaired) electrons. The molecule has 0 aliphatic carbocycles. The molecule has 0 heterocycles. The van der Waals surface area contributed by atoms with E-state index in [1.54, 1.807) is 24.3 Å². The highest BCUT2D eigenvalue weighted by Crippen LogP contribution is 2.31. The van der Waals surface area contributed by atoms with Crippen molar-refractivity contribution in [2.45, 2.75) is 20.3 Å². The number of halogens is 1. The predicted molar refractivity (Wildman–Crippen MR) is 102 cm³/mol. The highest BCUT2D eigenvalue weighted by atomic mass is 35.5. The Kier molecular flexibility index (Phi) is 6.46. The lowest BCUT2D eigenvalue weighted by atomic mass is 10.2. The largest absolute Gasteiger partial charge is 0.495 e. The van der Waals surface area contributed by atoms with E-state index in [4.69, 9.17) is 21.1 Å². The number of methoxy groups -OCH3 is 2. The molecule has 0 aliphatic heterocycles. The Labute approximate surface area is 157 Å². The minimum atomic E-state index is -0.464. The average Bonchev–Trinajstić information content (AvgIpc) is 2.57. The molecule has 2 amide bonds. The quantitative estimate of drug-likeness (QED) is 0.748. The number of aryl methyl sites for hydroxylation is 2. The van der Waals surface area contributed by atoms with E-state index in [0.29, 0.717) is 27.9 Å². The maximum Gasteiger partial charge on any atom is 0.233 e. The second-order valence-corrected chi connectivity index (χ2v) is 6.19. The third kappa shape index (κ3) is 4.89. The molecule has 6 nitrogen and oxygen atoms in total. The van der Waals surface area contributed by atoms with Crippen LogP contribution < -0.4 is 20.1 Å². The molecule has 2 N–H and O–H groups in total. The summed E-state index contributed by atoms with van der Waals surface area (Å²) in [4.78, 5) is 24.4. The Morgan fingerprint density at radius 1 is 0.923 bits per heavy atom. The molecule has 2 aromatic rings. The smallest absolute Gasteiger partial charge is 0.233 e. The van der Waals surface area contributed by atoms with Crippen molar-refractivity contribution < 1.29 is 19.1 Å². The van der Waals surface area contributed by atoms with Crippen molar-refractivity contribution in [2.75, 3.05) is 24.9 Å². The van der Waals surface area contributed by atoms with Crippen LogP contribution in [0.5, 0.6) is 11.5 Å². The first-order chi connectivity index (χ1) is 12.3. The highest BCUT2D eigenvalue weighted by molar-refractivity contribution is 6.31. The van der Waals surface area contributed by atoms with Crippen LogP contribution in [0.4, 0.5) is 11.4 Å². The second kappa shape index (κ2) is 8.58. The fourth-order valence-corrected chi connectivity index (χ4v) is 2.54. The van der Waals surface area contributed by atoms with Gasteiger partial charge in [-0.25, -0.2) is 0 Å². The summed E-state index contributed by atoms with van der Waals surface area (Å²) in [7, 11) is 3.00. The van der Waals surface area contributed by atoms with E-state index in [9.17, 15) is 9.59 Å². The van der Waals surface area contributed by atoms with E-state index in [1.165, 1.54) is 14.2 Å². The van der Waals surface area contributed by atoms with Crippen molar-refractivity contribution in [1.29, 1.82) is 0 Å². The van der Waals surface area contributed by atoms with E-state index in [0.717, 1.165) is 11.1 Å². The van der Waals surface area contributed by atoms with Gasteiger partial charge in [-0.2, -0.15) is 0 Å². The minimum Gasteiger partial charge on any atom is -0.495 e. The lowest BCUT2D eigenvalue weighted by molar-refractivity contribution is -0.123. The van der Waals surface area contributed by atoms with E-state index >= 15 is 0 Å². The maximum atomic E-state index is 12.2. The van der Waals surface area contributed by atoms with E-state index < -0.39 is 11.8 Å². The summed E-state index contributed by atoms with van der Waals surface area (Å²) in [5, 5.41) is 5.89. The molecular formula is C19H21ClN2O4. The number of carbonyl (C=O) groups is 2. The summed E-state index contributed by atoms with van der Waals surface area (Å²) >= 11 is 6.05. The number of anilines is 2. The van der Waals surface area contributed by atoms with Crippen LogP contribution in [0.2, 0.25) is 5.02 Å². The van der Waals surface area contributed by atoms with Crippen LogP contribution >= 0.6 is 11.6 Å².